The number of aromatic nitrogens is 4. The smallest absolute Gasteiger partial charge is 0.214 e. The molecule has 1 saturated heterocycles. The van der Waals surface area contributed by atoms with Gasteiger partial charge in [0.25, 0.3) is 0 Å². The van der Waals surface area contributed by atoms with Gasteiger partial charge in [-0.15, -0.1) is 0 Å². The first-order valence-electron chi connectivity index (χ1n) is 11.2. The fourth-order valence-electron chi connectivity index (χ4n) is 3.82. The largest absolute Gasteiger partial charge is 0.493 e. The van der Waals surface area contributed by atoms with Crippen LogP contribution in [0.2, 0.25) is 0 Å². The fraction of sp³-hybridized carbons (Fsp3) is 0.308. The maximum absolute atomic E-state index is 10.4. The van der Waals surface area contributed by atoms with E-state index in [-0.39, 0.29) is 5.88 Å². The molecular weight excluding hydrogens is 414 g/mol. The number of morpholine rings is 1. The van der Waals surface area contributed by atoms with Gasteiger partial charge >= 0.3 is 0 Å². The van der Waals surface area contributed by atoms with Gasteiger partial charge in [0.1, 0.15) is 5.82 Å². The summed E-state index contributed by atoms with van der Waals surface area (Å²) < 4.78 is 8.95. The molecule has 0 atom stereocenters. The average Bonchev–Trinajstić information content (AvgIpc) is 3.42. The summed E-state index contributed by atoms with van der Waals surface area (Å²) in [4.78, 5) is 2.22. The van der Waals surface area contributed by atoms with E-state index < -0.39 is 0 Å². The molecule has 1 fully saturated rings. The number of allylic oxidation sites excluding steroid dienone is 3. The second kappa shape index (κ2) is 9.50. The zero-order valence-electron chi connectivity index (χ0n) is 19.6. The maximum Gasteiger partial charge on any atom is 0.214 e. The molecule has 0 amide bonds. The molecule has 7 nitrogen and oxygen atoms in total. The van der Waals surface area contributed by atoms with Crippen LogP contribution in [0.5, 0.6) is 5.88 Å². The van der Waals surface area contributed by atoms with Crippen molar-refractivity contribution < 1.29 is 9.84 Å². The molecule has 0 aliphatic carbocycles. The van der Waals surface area contributed by atoms with Crippen molar-refractivity contribution in [1.82, 2.24) is 24.5 Å². The standard InChI is InChI=1S/C26H31N5O2/c1-6-22-16-26(32)30(27-22)20(5)15-25(29-11-13-33-14-12-29)31-24(18(2)3)17-23(28-31)21-9-7-19(4)8-10-21/h7-10,15-17,32H,2,5-6,11-14H2,1,3-4H3/b25-15-. The Hall–Kier alpha value is -3.58. The monoisotopic (exact) mass is 445 g/mol. The second-order valence-corrected chi connectivity index (χ2v) is 8.33. The van der Waals surface area contributed by atoms with Crippen molar-refractivity contribution in [1.29, 1.82) is 0 Å². The van der Waals surface area contributed by atoms with Crippen molar-refractivity contribution in [2.75, 3.05) is 26.3 Å². The van der Waals surface area contributed by atoms with Crippen LogP contribution in [0.25, 0.3) is 28.3 Å². The van der Waals surface area contributed by atoms with E-state index in [1.807, 2.05) is 24.6 Å². The molecule has 0 radical (unpaired) electrons. The minimum absolute atomic E-state index is 0.0651. The molecule has 1 aromatic carbocycles. The zero-order valence-corrected chi connectivity index (χ0v) is 19.6. The third kappa shape index (κ3) is 4.78. The zero-order chi connectivity index (χ0) is 23.5. The van der Waals surface area contributed by atoms with Crippen molar-refractivity contribution >= 4 is 17.1 Å². The second-order valence-electron chi connectivity index (χ2n) is 8.33. The molecule has 7 heteroatoms. The summed E-state index contributed by atoms with van der Waals surface area (Å²) in [6.07, 6.45) is 2.64. The summed E-state index contributed by atoms with van der Waals surface area (Å²) >= 11 is 0. The van der Waals surface area contributed by atoms with Crippen LogP contribution in [0.3, 0.4) is 0 Å². The van der Waals surface area contributed by atoms with Crippen molar-refractivity contribution in [2.24, 2.45) is 0 Å². The number of ether oxygens (including phenoxy) is 1. The molecule has 1 aliphatic heterocycles. The quantitative estimate of drug-likeness (QED) is 0.536. The molecule has 3 aromatic rings. The highest BCUT2D eigenvalue weighted by Crippen LogP contribution is 2.28. The Kier molecular flexibility index (Phi) is 6.51. The van der Waals surface area contributed by atoms with Crippen molar-refractivity contribution in [3.63, 3.8) is 0 Å². The number of benzene rings is 1. The summed E-state index contributed by atoms with van der Waals surface area (Å²) in [5, 5.41) is 19.8. The lowest BCUT2D eigenvalue weighted by Crippen LogP contribution is -2.37. The van der Waals surface area contributed by atoms with E-state index in [0.717, 1.165) is 53.5 Å². The summed E-state index contributed by atoms with van der Waals surface area (Å²) in [6, 6.07) is 12.0. The molecule has 2 aromatic heterocycles. The minimum Gasteiger partial charge on any atom is -0.493 e. The van der Waals surface area contributed by atoms with E-state index in [1.54, 1.807) is 6.07 Å². The van der Waals surface area contributed by atoms with Crippen LogP contribution in [0, 0.1) is 6.92 Å². The van der Waals surface area contributed by atoms with Crippen LogP contribution in [-0.4, -0.2) is 55.9 Å². The SMILES string of the molecule is C=C(C)c1cc(-c2ccc(C)cc2)nn1/C(=C\C(=C)n1nc(CC)cc1O)N1CCOCC1. The molecule has 0 bridgehead atoms. The molecule has 1 aliphatic rings. The van der Waals surface area contributed by atoms with E-state index in [4.69, 9.17) is 9.84 Å². The van der Waals surface area contributed by atoms with Gasteiger partial charge in [-0.2, -0.15) is 10.2 Å². The van der Waals surface area contributed by atoms with Crippen LogP contribution >= 0.6 is 0 Å². The van der Waals surface area contributed by atoms with Crippen molar-refractivity contribution in [2.45, 2.75) is 27.2 Å². The Morgan fingerprint density at radius 3 is 2.39 bits per heavy atom. The van der Waals surface area contributed by atoms with Gasteiger partial charge in [-0.1, -0.05) is 49.9 Å². The lowest BCUT2D eigenvalue weighted by molar-refractivity contribution is 0.0612. The summed E-state index contributed by atoms with van der Waals surface area (Å²) in [6.45, 7) is 17.1. The van der Waals surface area contributed by atoms with E-state index >= 15 is 0 Å². The van der Waals surface area contributed by atoms with Gasteiger partial charge in [-0.3, -0.25) is 0 Å². The van der Waals surface area contributed by atoms with Crippen LogP contribution in [-0.2, 0) is 11.2 Å². The molecule has 3 heterocycles. The number of rotatable bonds is 7. The highest BCUT2D eigenvalue weighted by Gasteiger charge is 2.21. The predicted octanol–water partition coefficient (Wildman–Crippen LogP) is 4.66. The topological polar surface area (TPSA) is 68.3 Å². The van der Waals surface area contributed by atoms with Gasteiger partial charge < -0.3 is 14.7 Å². The van der Waals surface area contributed by atoms with E-state index in [2.05, 4.69) is 60.4 Å². The van der Waals surface area contributed by atoms with Gasteiger partial charge in [-0.25, -0.2) is 9.36 Å². The number of aryl methyl sites for hydroxylation is 2. The van der Waals surface area contributed by atoms with Crippen LogP contribution < -0.4 is 0 Å². The van der Waals surface area contributed by atoms with Crippen LogP contribution in [0.15, 0.2) is 55.6 Å². The third-order valence-corrected chi connectivity index (χ3v) is 5.72. The molecule has 0 spiro atoms. The number of nitrogens with zero attached hydrogens (tertiary/aromatic N) is 5. The first-order chi connectivity index (χ1) is 15.9. The number of aromatic hydroxyl groups is 1. The molecular formula is C26H31N5O2. The third-order valence-electron chi connectivity index (χ3n) is 5.72. The van der Waals surface area contributed by atoms with Gasteiger partial charge in [-0.05, 0) is 31.9 Å². The van der Waals surface area contributed by atoms with Crippen molar-refractivity contribution in [3.05, 3.63) is 72.6 Å². The maximum atomic E-state index is 10.4. The minimum atomic E-state index is 0.0651. The van der Waals surface area contributed by atoms with Gasteiger partial charge in [0.2, 0.25) is 5.88 Å². The molecule has 33 heavy (non-hydrogen) atoms. The molecule has 172 valence electrons. The summed E-state index contributed by atoms with van der Waals surface area (Å²) in [5.41, 5.74) is 6.28. The number of hydrogen-bond acceptors (Lipinski definition) is 5. The fourth-order valence-corrected chi connectivity index (χ4v) is 3.82. The molecule has 1 N–H and O–H groups in total. The molecule has 4 rings (SSSR count). The highest BCUT2D eigenvalue weighted by molar-refractivity contribution is 5.73. The Labute approximate surface area is 194 Å². The van der Waals surface area contributed by atoms with Gasteiger partial charge in [0.15, 0.2) is 0 Å². The lowest BCUT2D eigenvalue weighted by atomic mass is 10.1. The van der Waals surface area contributed by atoms with Crippen molar-refractivity contribution in [3.8, 4) is 17.1 Å². The molecule has 0 unspecified atom stereocenters. The van der Waals surface area contributed by atoms with E-state index in [1.165, 1.54) is 10.2 Å². The Balaban J connectivity index is 1.82. The highest BCUT2D eigenvalue weighted by atomic mass is 16.5. The van der Waals surface area contributed by atoms with E-state index in [9.17, 15) is 5.11 Å². The van der Waals surface area contributed by atoms with Gasteiger partial charge in [0.05, 0.1) is 36.0 Å². The molecule has 0 saturated carbocycles. The van der Waals surface area contributed by atoms with E-state index in [0.29, 0.717) is 18.9 Å². The number of hydrogen-bond donors (Lipinski definition) is 1. The summed E-state index contributed by atoms with van der Waals surface area (Å²) in [7, 11) is 0. The lowest BCUT2D eigenvalue weighted by Gasteiger charge is -2.31. The predicted molar refractivity (Wildman–Crippen MR) is 132 cm³/mol. The Morgan fingerprint density at radius 1 is 1.09 bits per heavy atom. The van der Waals surface area contributed by atoms with Gasteiger partial charge in [0, 0.05) is 30.8 Å². The van der Waals surface area contributed by atoms with Crippen LogP contribution in [0.1, 0.15) is 30.8 Å². The normalized spacial score (nSPS) is 14.5. The summed E-state index contributed by atoms with van der Waals surface area (Å²) in [5.74, 6) is 0.906. The first-order valence-corrected chi connectivity index (χ1v) is 11.2. The average molecular weight is 446 g/mol. The Bertz CT molecular complexity index is 1190. The Morgan fingerprint density at radius 2 is 1.79 bits per heavy atom. The van der Waals surface area contributed by atoms with Crippen LogP contribution in [0.4, 0.5) is 0 Å². The first kappa shape index (κ1) is 22.6.